The van der Waals surface area contributed by atoms with Crippen molar-refractivity contribution < 1.29 is 14.6 Å². The third-order valence-electron chi connectivity index (χ3n) is 2.95. The minimum atomic E-state index is -0.767. The monoisotopic (exact) mass is 255 g/mol. The van der Waals surface area contributed by atoms with Crippen molar-refractivity contribution in [3.8, 4) is 0 Å². The summed E-state index contributed by atoms with van der Waals surface area (Å²) in [5.41, 5.74) is 0. The highest BCUT2D eigenvalue weighted by Crippen LogP contribution is 2.29. The fourth-order valence-electron chi connectivity index (χ4n) is 2.02. The Morgan fingerprint density at radius 3 is 2.76 bits per heavy atom. The number of carboxylic acid groups (broad SMARTS) is 1. The van der Waals surface area contributed by atoms with E-state index in [-0.39, 0.29) is 0 Å². The van der Waals surface area contributed by atoms with Gasteiger partial charge in [0, 0.05) is 22.8 Å². The van der Waals surface area contributed by atoms with Crippen LogP contribution in [0.4, 0.5) is 0 Å². The van der Waals surface area contributed by atoms with Crippen molar-refractivity contribution in [2.24, 2.45) is 0 Å². The molecule has 1 N–H and O–H groups in total. The SMILES string of the molecule is CCc1ccc(C(C(=O)O)N2CCOCC2)s1. The van der Waals surface area contributed by atoms with Crippen LogP contribution in [0.3, 0.4) is 0 Å². The van der Waals surface area contributed by atoms with Crippen molar-refractivity contribution >= 4 is 17.3 Å². The van der Waals surface area contributed by atoms with Gasteiger partial charge in [-0.3, -0.25) is 9.69 Å². The van der Waals surface area contributed by atoms with Gasteiger partial charge in [0.25, 0.3) is 0 Å². The van der Waals surface area contributed by atoms with Crippen LogP contribution in [-0.4, -0.2) is 42.3 Å². The van der Waals surface area contributed by atoms with Gasteiger partial charge in [-0.1, -0.05) is 6.92 Å². The molecule has 0 spiro atoms. The van der Waals surface area contributed by atoms with Gasteiger partial charge in [0.05, 0.1) is 13.2 Å². The normalized spacial score (nSPS) is 19.1. The molecule has 1 aromatic heterocycles. The highest BCUT2D eigenvalue weighted by molar-refractivity contribution is 7.12. The molecule has 1 aliphatic heterocycles. The van der Waals surface area contributed by atoms with Crippen LogP contribution in [0.2, 0.25) is 0 Å². The fraction of sp³-hybridized carbons (Fsp3) is 0.583. The second-order valence-corrected chi connectivity index (χ2v) is 5.25. The highest BCUT2D eigenvalue weighted by Gasteiger charge is 2.29. The van der Waals surface area contributed by atoms with Crippen molar-refractivity contribution in [2.45, 2.75) is 19.4 Å². The van der Waals surface area contributed by atoms with Crippen LogP contribution in [0.25, 0.3) is 0 Å². The Morgan fingerprint density at radius 2 is 2.24 bits per heavy atom. The van der Waals surface area contributed by atoms with Gasteiger partial charge < -0.3 is 9.84 Å². The third kappa shape index (κ3) is 2.86. The first kappa shape index (κ1) is 12.5. The van der Waals surface area contributed by atoms with Gasteiger partial charge in [0.1, 0.15) is 6.04 Å². The van der Waals surface area contributed by atoms with Crippen LogP contribution in [0.15, 0.2) is 12.1 Å². The van der Waals surface area contributed by atoms with Crippen LogP contribution in [0.1, 0.15) is 22.7 Å². The molecule has 2 rings (SSSR count). The van der Waals surface area contributed by atoms with E-state index in [0.717, 1.165) is 11.3 Å². The number of aryl methyl sites for hydroxylation is 1. The predicted molar refractivity (Wildman–Crippen MR) is 66.5 cm³/mol. The molecule has 5 heteroatoms. The number of carbonyl (C=O) groups is 1. The summed E-state index contributed by atoms with van der Waals surface area (Å²) in [5, 5.41) is 9.39. The maximum atomic E-state index is 11.4. The van der Waals surface area contributed by atoms with Crippen molar-refractivity contribution in [2.75, 3.05) is 26.3 Å². The quantitative estimate of drug-likeness (QED) is 0.891. The molecule has 1 atom stereocenters. The topological polar surface area (TPSA) is 49.8 Å². The summed E-state index contributed by atoms with van der Waals surface area (Å²) in [6.45, 7) is 4.71. The lowest BCUT2D eigenvalue weighted by molar-refractivity contribution is -0.145. The Labute approximate surface area is 105 Å². The molecule has 1 aromatic rings. The summed E-state index contributed by atoms with van der Waals surface area (Å²) in [4.78, 5) is 15.6. The van der Waals surface area contributed by atoms with E-state index in [1.807, 2.05) is 17.0 Å². The molecule has 94 valence electrons. The third-order valence-corrected chi connectivity index (χ3v) is 4.23. The first-order valence-electron chi connectivity index (χ1n) is 5.85. The zero-order valence-electron chi connectivity index (χ0n) is 9.89. The Bertz CT molecular complexity index is 385. The number of hydrogen-bond donors (Lipinski definition) is 1. The number of thiophene rings is 1. The smallest absolute Gasteiger partial charge is 0.326 e. The molecule has 0 bridgehead atoms. The van der Waals surface area contributed by atoms with E-state index in [1.165, 1.54) is 4.88 Å². The number of aliphatic carboxylic acids is 1. The van der Waals surface area contributed by atoms with Crippen molar-refractivity contribution in [1.29, 1.82) is 0 Å². The van der Waals surface area contributed by atoms with Gasteiger partial charge >= 0.3 is 5.97 Å². The Kier molecular flexibility index (Phi) is 4.15. The first-order chi connectivity index (χ1) is 8.22. The molecule has 0 radical (unpaired) electrons. The highest BCUT2D eigenvalue weighted by atomic mass is 32.1. The molecule has 4 nitrogen and oxygen atoms in total. The van der Waals surface area contributed by atoms with Crippen molar-refractivity contribution in [3.05, 3.63) is 21.9 Å². The molecule has 0 aliphatic carbocycles. The number of morpholine rings is 1. The number of carboxylic acids is 1. The first-order valence-corrected chi connectivity index (χ1v) is 6.67. The van der Waals surface area contributed by atoms with Crippen molar-refractivity contribution in [1.82, 2.24) is 4.90 Å². The van der Waals surface area contributed by atoms with Crippen LogP contribution < -0.4 is 0 Å². The maximum absolute atomic E-state index is 11.4. The fourth-order valence-corrected chi connectivity index (χ4v) is 3.11. The predicted octanol–water partition coefficient (Wildman–Crippen LogP) is 1.77. The number of rotatable bonds is 4. The lowest BCUT2D eigenvalue weighted by atomic mass is 10.2. The Morgan fingerprint density at radius 1 is 1.53 bits per heavy atom. The van der Waals surface area contributed by atoms with Gasteiger partial charge in [0.15, 0.2) is 0 Å². The number of ether oxygens (including phenoxy) is 1. The molecule has 17 heavy (non-hydrogen) atoms. The van der Waals surface area contributed by atoms with Gasteiger partial charge in [-0.15, -0.1) is 11.3 Å². The lowest BCUT2D eigenvalue weighted by Crippen LogP contribution is -2.41. The van der Waals surface area contributed by atoms with Crippen molar-refractivity contribution in [3.63, 3.8) is 0 Å². The molecule has 2 heterocycles. The van der Waals surface area contributed by atoms with E-state index in [2.05, 4.69) is 6.92 Å². The van der Waals surface area contributed by atoms with E-state index >= 15 is 0 Å². The summed E-state index contributed by atoms with van der Waals surface area (Å²) in [6.07, 6.45) is 0.958. The molecule has 1 saturated heterocycles. The van der Waals surface area contributed by atoms with E-state index in [4.69, 9.17) is 4.74 Å². The molecule has 1 fully saturated rings. The van der Waals surface area contributed by atoms with Crippen LogP contribution in [0.5, 0.6) is 0 Å². The average Bonchev–Trinajstić information content (AvgIpc) is 2.79. The van der Waals surface area contributed by atoms with E-state index < -0.39 is 12.0 Å². The summed E-state index contributed by atoms with van der Waals surface area (Å²) >= 11 is 1.60. The Balaban J connectivity index is 2.18. The number of nitrogens with zero attached hydrogens (tertiary/aromatic N) is 1. The minimum Gasteiger partial charge on any atom is -0.480 e. The van der Waals surface area contributed by atoms with E-state index in [9.17, 15) is 9.90 Å². The number of hydrogen-bond acceptors (Lipinski definition) is 4. The average molecular weight is 255 g/mol. The standard InChI is InChI=1S/C12H17NO3S/c1-2-9-3-4-10(17-9)11(12(14)15)13-5-7-16-8-6-13/h3-4,11H,2,5-8H2,1H3,(H,14,15). The van der Waals surface area contributed by atoms with Crippen LogP contribution >= 0.6 is 11.3 Å². The molecular formula is C12H17NO3S. The molecule has 0 aromatic carbocycles. The molecule has 0 saturated carbocycles. The minimum absolute atomic E-state index is 0.510. The van der Waals surface area contributed by atoms with E-state index in [0.29, 0.717) is 26.3 Å². The van der Waals surface area contributed by atoms with Gasteiger partial charge in [-0.25, -0.2) is 0 Å². The summed E-state index contributed by atoms with van der Waals surface area (Å²) in [6, 6.07) is 3.46. The van der Waals surface area contributed by atoms with Gasteiger partial charge in [0.2, 0.25) is 0 Å². The molecule has 1 aliphatic rings. The lowest BCUT2D eigenvalue weighted by Gasteiger charge is -2.31. The Hall–Kier alpha value is -0.910. The maximum Gasteiger partial charge on any atom is 0.326 e. The molecular weight excluding hydrogens is 238 g/mol. The van der Waals surface area contributed by atoms with Crippen LogP contribution in [0, 0.1) is 0 Å². The van der Waals surface area contributed by atoms with Gasteiger partial charge in [-0.05, 0) is 18.6 Å². The molecule has 0 amide bonds. The molecule has 1 unspecified atom stereocenters. The zero-order valence-corrected chi connectivity index (χ0v) is 10.7. The summed E-state index contributed by atoms with van der Waals surface area (Å²) in [7, 11) is 0. The van der Waals surface area contributed by atoms with E-state index in [1.54, 1.807) is 11.3 Å². The summed E-state index contributed by atoms with van der Waals surface area (Å²) < 4.78 is 5.26. The van der Waals surface area contributed by atoms with Crippen LogP contribution in [-0.2, 0) is 16.0 Å². The van der Waals surface area contributed by atoms with Gasteiger partial charge in [-0.2, -0.15) is 0 Å². The summed E-state index contributed by atoms with van der Waals surface area (Å²) in [5.74, 6) is -0.767. The second-order valence-electron chi connectivity index (χ2n) is 4.05. The zero-order chi connectivity index (χ0) is 12.3. The second kappa shape index (κ2) is 5.62. The largest absolute Gasteiger partial charge is 0.480 e.